The van der Waals surface area contributed by atoms with Crippen LogP contribution in [0.3, 0.4) is 0 Å². The first-order chi connectivity index (χ1) is 15.1. The highest BCUT2D eigenvalue weighted by atomic mass is 35.5. The number of carbonyl (C=O) groups is 2. The van der Waals surface area contributed by atoms with Gasteiger partial charge in [0.25, 0.3) is 5.69 Å². The van der Waals surface area contributed by atoms with Gasteiger partial charge in [-0.15, -0.1) is 0 Å². The van der Waals surface area contributed by atoms with E-state index in [1.54, 1.807) is 57.2 Å². The molecule has 2 aromatic carbocycles. The highest BCUT2D eigenvalue weighted by molar-refractivity contribution is 6.34. The molecule has 0 saturated heterocycles. The zero-order chi connectivity index (χ0) is 23.7. The van der Waals surface area contributed by atoms with Gasteiger partial charge < -0.3 is 14.2 Å². The molecule has 0 bridgehead atoms. The number of halogens is 1. The summed E-state index contributed by atoms with van der Waals surface area (Å²) in [6.07, 6.45) is 3.23. The van der Waals surface area contributed by atoms with E-state index in [4.69, 9.17) is 25.8 Å². The Labute approximate surface area is 190 Å². The molecule has 1 N–H and O–H groups in total. The van der Waals surface area contributed by atoms with Crippen molar-refractivity contribution >= 4 is 35.4 Å². The molecule has 0 aliphatic rings. The second kappa shape index (κ2) is 11.1. The van der Waals surface area contributed by atoms with Crippen molar-refractivity contribution in [1.29, 1.82) is 0 Å². The minimum absolute atomic E-state index is 0.0365. The van der Waals surface area contributed by atoms with Gasteiger partial charge in [0.05, 0.1) is 4.92 Å². The number of aldehydes is 1. The van der Waals surface area contributed by atoms with E-state index in [2.05, 4.69) is 5.32 Å². The Bertz CT molecular complexity index is 1020. The van der Waals surface area contributed by atoms with Gasteiger partial charge in [-0.05, 0) is 51.1 Å². The number of nitrogens with zero attached hydrogens (tertiary/aromatic N) is 1. The van der Waals surface area contributed by atoms with Crippen LogP contribution < -0.4 is 14.8 Å². The Kier molecular flexibility index (Phi) is 8.60. The first-order valence-electron chi connectivity index (χ1n) is 9.53. The number of amides is 1. The lowest BCUT2D eigenvalue weighted by Crippen LogP contribution is -2.27. The lowest BCUT2D eigenvalue weighted by atomic mass is 10.2. The smallest absolute Gasteiger partial charge is 0.412 e. The molecule has 0 fully saturated rings. The fraction of sp³-hybridized carbons (Fsp3) is 0.273. The summed E-state index contributed by atoms with van der Waals surface area (Å²) in [5, 5.41) is 13.5. The van der Waals surface area contributed by atoms with Gasteiger partial charge in [-0.2, -0.15) is 0 Å². The van der Waals surface area contributed by atoms with Gasteiger partial charge in [0.15, 0.2) is 5.02 Å². The predicted molar refractivity (Wildman–Crippen MR) is 120 cm³/mol. The quantitative estimate of drug-likeness (QED) is 0.229. The van der Waals surface area contributed by atoms with E-state index in [0.717, 1.165) is 6.07 Å². The van der Waals surface area contributed by atoms with Crippen LogP contribution in [0.4, 0.5) is 16.2 Å². The summed E-state index contributed by atoms with van der Waals surface area (Å²) in [5.41, 5.74) is -0.397. The van der Waals surface area contributed by atoms with Crippen LogP contribution in [0.1, 0.15) is 31.1 Å². The van der Waals surface area contributed by atoms with Gasteiger partial charge in [0.2, 0.25) is 0 Å². The molecule has 9 nitrogen and oxygen atoms in total. The highest BCUT2D eigenvalue weighted by Crippen LogP contribution is 2.34. The molecule has 0 aliphatic heterocycles. The summed E-state index contributed by atoms with van der Waals surface area (Å²) < 4.78 is 16.2. The fourth-order valence-corrected chi connectivity index (χ4v) is 2.65. The molecule has 0 aliphatic carbocycles. The number of carbonyl (C=O) groups excluding carboxylic acids is 2. The Morgan fingerprint density at radius 2 is 1.84 bits per heavy atom. The third-order valence-corrected chi connectivity index (χ3v) is 4.08. The number of anilines is 1. The normalized spacial score (nSPS) is 11.1. The molecular weight excluding hydrogens is 440 g/mol. The summed E-state index contributed by atoms with van der Waals surface area (Å²) in [7, 11) is 0. The van der Waals surface area contributed by atoms with E-state index in [0.29, 0.717) is 17.7 Å². The van der Waals surface area contributed by atoms with Crippen molar-refractivity contribution in [3.63, 3.8) is 0 Å². The highest BCUT2D eigenvalue weighted by Gasteiger charge is 2.19. The standard InChI is InChI=1S/C22H23ClN2O7/c1-22(2,3)32-21(27)24-16-7-6-8-17(13-16)30-9-4-5-10-31-19-12-15(14-26)11-18(20(19)23)25(28)29/h4-8,11-14H,9-10H2,1-3H3,(H,24,27)/b5-4+. The van der Waals surface area contributed by atoms with Crippen molar-refractivity contribution < 1.29 is 28.7 Å². The van der Waals surface area contributed by atoms with Crippen molar-refractivity contribution in [2.75, 3.05) is 18.5 Å². The van der Waals surface area contributed by atoms with Crippen LogP contribution in [-0.2, 0) is 4.74 Å². The Hall–Kier alpha value is -3.59. The number of ether oxygens (including phenoxy) is 3. The third kappa shape index (κ3) is 7.92. The number of nitro benzene ring substituents is 1. The zero-order valence-corrected chi connectivity index (χ0v) is 18.5. The lowest BCUT2D eigenvalue weighted by molar-refractivity contribution is -0.384. The average Bonchev–Trinajstić information content (AvgIpc) is 2.70. The molecule has 2 aromatic rings. The van der Waals surface area contributed by atoms with Gasteiger partial charge >= 0.3 is 6.09 Å². The van der Waals surface area contributed by atoms with Crippen molar-refractivity contribution in [3.05, 3.63) is 69.3 Å². The van der Waals surface area contributed by atoms with Crippen LogP contribution in [0, 0.1) is 10.1 Å². The van der Waals surface area contributed by atoms with E-state index in [1.807, 2.05) is 0 Å². The summed E-state index contributed by atoms with van der Waals surface area (Å²) in [5.74, 6) is 0.566. The van der Waals surface area contributed by atoms with Crippen LogP contribution in [0.2, 0.25) is 5.02 Å². The van der Waals surface area contributed by atoms with Crippen molar-refractivity contribution in [2.24, 2.45) is 0 Å². The number of nitro groups is 1. The minimum atomic E-state index is -0.683. The first-order valence-corrected chi connectivity index (χ1v) is 9.90. The molecule has 10 heteroatoms. The second-order valence-electron chi connectivity index (χ2n) is 7.48. The minimum Gasteiger partial charge on any atom is -0.489 e. The summed E-state index contributed by atoms with van der Waals surface area (Å²) in [6.45, 7) is 5.59. The molecule has 0 atom stereocenters. The van der Waals surface area contributed by atoms with E-state index in [-0.39, 0.29) is 29.5 Å². The molecular formula is C22H23ClN2O7. The Balaban J connectivity index is 1.87. The predicted octanol–water partition coefficient (Wildman–Crippen LogP) is 5.42. The average molecular weight is 463 g/mol. The van der Waals surface area contributed by atoms with E-state index in [1.165, 1.54) is 6.07 Å². The molecule has 0 heterocycles. The SMILES string of the molecule is CC(C)(C)OC(=O)Nc1cccc(OC/C=C/COc2cc(C=O)cc([N+](=O)[O-])c2Cl)c1. The van der Waals surface area contributed by atoms with E-state index in [9.17, 15) is 19.7 Å². The summed E-state index contributed by atoms with van der Waals surface area (Å²) >= 11 is 5.97. The van der Waals surface area contributed by atoms with Crippen LogP contribution >= 0.6 is 11.6 Å². The van der Waals surface area contributed by atoms with E-state index >= 15 is 0 Å². The Morgan fingerprint density at radius 3 is 2.47 bits per heavy atom. The number of benzene rings is 2. The number of hydrogen-bond acceptors (Lipinski definition) is 7. The monoisotopic (exact) mass is 462 g/mol. The van der Waals surface area contributed by atoms with Crippen LogP contribution in [0.25, 0.3) is 0 Å². The Morgan fingerprint density at radius 1 is 1.16 bits per heavy atom. The van der Waals surface area contributed by atoms with Gasteiger partial charge in [0, 0.05) is 23.4 Å². The molecule has 0 spiro atoms. The fourth-order valence-electron chi connectivity index (χ4n) is 2.41. The van der Waals surface area contributed by atoms with Crippen molar-refractivity contribution in [2.45, 2.75) is 26.4 Å². The largest absolute Gasteiger partial charge is 0.489 e. The number of rotatable bonds is 9. The third-order valence-electron chi connectivity index (χ3n) is 3.70. The van der Waals surface area contributed by atoms with E-state index < -0.39 is 22.3 Å². The molecule has 2 rings (SSSR count). The molecule has 0 aromatic heterocycles. The maximum atomic E-state index is 11.8. The molecule has 32 heavy (non-hydrogen) atoms. The zero-order valence-electron chi connectivity index (χ0n) is 17.8. The topological polar surface area (TPSA) is 117 Å². The number of hydrogen-bond donors (Lipinski definition) is 1. The first kappa shape index (κ1) is 24.7. The molecule has 1 amide bonds. The van der Waals surface area contributed by atoms with Gasteiger partial charge in [0.1, 0.15) is 36.6 Å². The van der Waals surface area contributed by atoms with Gasteiger partial charge in [-0.1, -0.05) is 17.7 Å². The lowest BCUT2D eigenvalue weighted by Gasteiger charge is -2.19. The van der Waals surface area contributed by atoms with Crippen molar-refractivity contribution in [3.8, 4) is 11.5 Å². The molecule has 0 saturated carbocycles. The molecule has 0 unspecified atom stereocenters. The maximum Gasteiger partial charge on any atom is 0.412 e. The van der Waals surface area contributed by atoms with Crippen LogP contribution in [-0.4, -0.2) is 36.1 Å². The summed E-state index contributed by atoms with van der Waals surface area (Å²) in [4.78, 5) is 33.1. The molecule has 170 valence electrons. The number of nitrogens with one attached hydrogen (secondary N) is 1. The second-order valence-corrected chi connectivity index (χ2v) is 7.85. The van der Waals surface area contributed by atoms with Crippen LogP contribution in [0.5, 0.6) is 11.5 Å². The molecule has 0 radical (unpaired) electrons. The van der Waals surface area contributed by atoms with Gasteiger partial charge in [-0.3, -0.25) is 20.2 Å². The summed E-state index contributed by atoms with van der Waals surface area (Å²) in [6, 6.07) is 9.22. The van der Waals surface area contributed by atoms with Crippen molar-refractivity contribution in [1.82, 2.24) is 0 Å². The van der Waals surface area contributed by atoms with Crippen LogP contribution in [0.15, 0.2) is 48.6 Å². The maximum absolute atomic E-state index is 11.8. The van der Waals surface area contributed by atoms with Gasteiger partial charge in [-0.25, -0.2) is 4.79 Å².